The summed E-state index contributed by atoms with van der Waals surface area (Å²) in [5.41, 5.74) is 8.19. The summed E-state index contributed by atoms with van der Waals surface area (Å²) in [5.74, 6) is 1.40. The van der Waals surface area contributed by atoms with Crippen LogP contribution in [0.4, 0.5) is 15.3 Å². The van der Waals surface area contributed by atoms with Crippen molar-refractivity contribution in [1.82, 2.24) is 5.32 Å². The number of amides is 3. The molecule has 0 aliphatic rings. The van der Waals surface area contributed by atoms with Crippen LogP contribution in [0.2, 0.25) is 0 Å². The summed E-state index contributed by atoms with van der Waals surface area (Å²) in [4.78, 5) is 22.9. The molecule has 30 heavy (non-hydrogen) atoms. The van der Waals surface area contributed by atoms with E-state index in [9.17, 15) is 9.59 Å². The van der Waals surface area contributed by atoms with E-state index in [0.717, 1.165) is 22.4 Å². The molecule has 2 aromatic rings. The Morgan fingerprint density at radius 3 is 2.27 bits per heavy atom. The van der Waals surface area contributed by atoms with Crippen LogP contribution >= 0.6 is 0 Å². The summed E-state index contributed by atoms with van der Waals surface area (Å²) in [6.45, 7) is 11.4. The van der Waals surface area contributed by atoms with Crippen LogP contribution in [0.1, 0.15) is 44.4 Å². The van der Waals surface area contributed by atoms with Crippen LogP contribution in [-0.2, 0) is 11.2 Å². The van der Waals surface area contributed by atoms with Crippen LogP contribution in [-0.4, -0.2) is 23.8 Å². The van der Waals surface area contributed by atoms with Gasteiger partial charge >= 0.3 is 12.1 Å². The Bertz CT molecular complexity index is 905. The number of carbonyl (C=O) groups is 2. The zero-order valence-corrected chi connectivity index (χ0v) is 18.5. The summed E-state index contributed by atoms with van der Waals surface area (Å²) in [6.07, 6.45) is -0.240. The lowest BCUT2D eigenvalue weighted by Gasteiger charge is -2.25. The van der Waals surface area contributed by atoms with E-state index in [1.165, 1.54) is 0 Å². The third-order valence-electron chi connectivity index (χ3n) is 4.39. The molecule has 0 saturated heterocycles. The minimum absolute atomic E-state index is 0.0646. The standard InChI is InChI=1S/C23H31N3O4/c1-14(2)25-22(28)26-18-7-9-19(10-8-18)29-20-12-15(3)17(11-16(20)4)13-23(5,6)30-21(24)27/h7-12,14H,13H2,1-6H3,(H2,24,27)(H2,25,26,28). The number of nitrogens with one attached hydrogen (secondary N) is 2. The number of rotatable bonds is 7. The summed E-state index contributed by atoms with van der Waals surface area (Å²) in [6, 6.07) is 11.0. The topological polar surface area (TPSA) is 103 Å². The predicted octanol–water partition coefficient (Wildman–Crippen LogP) is 5.04. The molecule has 0 heterocycles. The number of benzene rings is 2. The normalized spacial score (nSPS) is 11.2. The van der Waals surface area contributed by atoms with Gasteiger partial charge in [0.15, 0.2) is 0 Å². The Morgan fingerprint density at radius 1 is 1.07 bits per heavy atom. The molecule has 7 nitrogen and oxygen atoms in total. The van der Waals surface area contributed by atoms with Crippen molar-refractivity contribution in [3.05, 3.63) is 53.1 Å². The van der Waals surface area contributed by atoms with Gasteiger partial charge in [-0.15, -0.1) is 0 Å². The Balaban J connectivity index is 2.09. The van der Waals surface area contributed by atoms with E-state index < -0.39 is 11.7 Å². The van der Waals surface area contributed by atoms with Gasteiger partial charge in [-0.25, -0.2) is 9.59 Å². The molecule has 0 spiro atoms. The first-order chi connectivity index (χ1) is 13.9. The molecule has 0 radical (unpaired) electrons. The molecule has 4 N–H and O–H groups in total. The Labute approximate surface area is 177 Å². The molecule has 0 aliphatic heterocycles. The molecule has 0 unspecified atom stereocenters. The number of hydrogen-bond donors (Lipinski definition) is 3. The Kier molecular flexibility index (Phi) is 7.32. The monoisotopic (exact) mass is 413 g/mol. The quantitative estimate of drug-likeness (QED) is 0.591. The maximum absolute atomic E-state index is 11.8. The van der Waals surface area contributed by atoms with Gasteiger partial charge in [-0.05, 0) is 88.6 Å². The van der Waals surface area contributed by atoms with Crippen molar-refractivity contribution in [1.29, 1.82) is 0 Å². The van der Waals surface area contributed by atoms with E-state index in [2.05, 4.69) is 10.6 Å². The highest BCUT2D eigenvalue weighted by Gasteiger charge is 2.23. The predicted molar refractivity (Wildman–Crippen MR) is 118 cm³/mol. The minimum Gasteiger partial charge on any atom is -0.457 e. The smallest absolute Gasteiger partial charge is 0.405 e. The fraction of sp³-hybridized carbons (Fsp3) is 0.391. The largest absolute Gasteiger partial charge is 0.457 e. The second kappa shape index (κ2) is 9.52. The van der Waals surface area contributed by atoms with Crippen LogP contribution in [0.5, 0.6) is 11.5 Å². The summed E-state index contributed by atoms with van der Waals surface area (Å²) >= 11 is 0. The third-order valence-corrected chi connectivity index (χ3v) is 4.39. The lowest BCUT2D eigenvalue weighted by atomic mass is 9.93. The lowest BCUT2D eigenvalue weighted by Crippen LogP contribution is -2.34. The zero-order chi connectivity index (χ0) is 22.5. The highest BCUT2D eigenvalue weighted by Crippen LogP contribution is 2.30. The van der Waals surface area contributed by atoms with Crippen LogP contribution in [0.3, 0.4) is 0 Å². The number of ether oxygens (including phenoxy) is 2. The van der Waals surface area contributed by atoms with Gasteiger partial charge in [-0.3, -0.25) is 0 Å². The Hall–Kier alpha value is -3.22. The van der Waals surface area contributed by atoms with E-state index in [4.69, 9.17) is 15.2 Å². The van der Waals surface area contributed by atoms with Crippen LogP contribution in [0.15, 0.2) is 36.4 Å². The van der Waals surface area contributed by atoms with Gasteiger partial charge in [-0.1, -0.05) is 6.07 Å². The van der Waals surface area contributed by atoms with Gasteiger partial charge in [0.1, 0.15) is 17.1 Å². The first-order valence-corrected chi connectivity index (χ1v) is 9.89. The van der Waals surface area contributed by atoms with Gasteiger partial charge in [0, 0.05) is 18.2 Å². The molecular formula is C23H31N3O4. The number of urea groups is 1. The van der Waals surface area contributed by atoms with Crippen LogP contribution in [0.25, 0.3) is 0 Å². The molecule has 2 aromatic carbocycles. The van der Waals surface area contributed by atoms with Crippen molar-refractivity contribution in [3.8, 4) is 11.5 Å². The Morgan fingerprint density at radius 2 is 1.70 bits per heavy atom. The molecule has 0 saturated carbocycles. The van der Waals surface area contributed by atoms with Crippen molar-refractivity contribution in [2.24, 2.45) is 5.73 Å². The first kappa shape index (κ1) is 23.1. The van der Waals surface area contributed by atoms with E-state index in [0.29, 0.717) is 17.9 Å². The van der Waals surface area contributed by atoms with Crippen molar-refractivity contribution in [3.63, 3.8) is 0 Å². The van der Waals surface area contributed by atoms with Gasteiger partial charge in [0.2, 0.25) is 0 Å². The molecular weight excluding hydrogens is 382 g/mol. The van der Waals surface area contributed by atoms with E-state index >= 15 is 0 Å². The first-order valence-electron chi connectivity index (χ1n) is 9.89. The maximum Gasteiger partial charge on any atom is 0.405 e. The SMILES string of the molecule is Cc1cc(Oc2ccc(NC(=O)NC(C)C)cc2)c(C)cc1CC(C)(C)OC(N)=O. The molecule has 0 aromatic heterocycles. The minimum atomic E-state index is -0.783. The average Bonchev–Trinajstić information content (AvgIpc) is 2.58. The molecule has 162 valence electrons. The van der Waals surface area contributed by atoms with Crippen molar-refractivity contribution < 1.29 is 19.1 Å². The number of hydrogen-bond acceptors (Lipinski definition) is 4. The zero-order valence-electron chi connectivity index (χ0n) is 18.5. The number of carbonyl (C=O) groups excluding carboxylic acids is 2. The van der Waals surface area contributed by atoms with Crippen molar-refractivity contribution in [2.45, 2.75) is 59.6 Å². The highest BCUT2D eigenvalue weighted by atomic mass is 16.6. The average molecular weight is 414 g/mol. The summed E-state index contributed by atoms with van der Waals surface area (Å²) < 4.78 is 11.2. The second-order valence-electron chi connectivity index (χ2n) is 8.28. The summed E-state index contributed by atoms with van der Waals surface area (Å²) in [5, 5.41) is 5.55. The summed E-state index contributed by atoms with van der Waals surface area (Å²) in [7, 11) is 0. The molecule has 0 aliphatic carbocycles. The number of nitrogens with two attached hydrogens (primary N) is 1. The van der Waals surface area contributed by atoms with E-state index in [-0.39, 0.29) is 12.1 Å². The van der Waals surface area contributed by atoms with Gasteiger partial charge < -0.3 is 25.8 Å². The number of anilines is 1. The fourth-order valence-electron chi connectivity index (χ4n) is 3.08. The number of primary amides is 1. The van der Waals surface area contributed by atoms with E-state index in [1.807, 2.05) is 53.7 Å². The van der Waals surface area contributed by atoms with Crippen LogP contribution < -0.4 is 21.1 Å². The second-order valence-corrected chi connectivity index (χ2v) is 8.28. The molecule has 2 rings (SSSR count). The lowest BCUT2D eigenvalue weighted by molar-refractivity contribution is 0.0459. The molecule has 0 fully saturated rings. The third kappa shape index (κ3) is 6.99. The maximum atomic E-state index is 11.8. The van der Waals surface area contributed by atoms with Crippen molar-refractivity contribution >= 4 is 17.8 Å². The molecule has 3 amide bonds. The van der Waals surface area contributed by atoms with Gasteiger partial charge in [0.05, 0.1) is 0 Å². The highest BCUT2D eigenvalue weighted by molar-refractivity contribution is 5.89. The molecule has 0 atom stereocenters. The van der Waals surface area contributed by atoms with E-state index in [1.54, 1.807) is 24.3 Å². The van der Waals surface area contributed by atoms with Gasteiger partial charge in [0.25, 0.3) is 0 Å². The number of aryl methyl sites for hydroxylation is 2. The van der Waals surface area contributed by atoms with Crippen molar-refractivity contribution in [2.75, 3.05) is 5.32 Å². The molecule has 0 bridgehead atoms. The van der Waals surface area contributed by atoms with Gasteiger partial charge in [-0.2, -0.15) is 0 Å². The fourth-order valence-corrected chi connectivity index (χ4v) is 3.08. The molecule has 7 heteroatoms. The van der Waals surface area contributed by atoms with Crippen LogP contribution in [0, 0.1) is 13.8 Å².